The molecule has 1 aromatic heterocycles. The van der Waals surface area contributed by atoms with Crippen LogP contribution in [0.25, 0.3) is 10.8 Å². The molecular formula is C26H16BrNO10. The van der Waals surface area contributed by atoms with E-state index in [0.717, 1.165) is 6.08 Å². The van der Waals surface area contributed by atoms with Crippen LogP contribution >= 0.6 is 15.9 Å². The number of H-pyrrole nitrogens is 1. The van der Waals surface area contributed by atoms with Crippen molar-refractivity contribution in [3.05, 3.63) is 71.8 Å². The summed E-state index contributed by atoms with van der Waals surface area (Å²) in [5, 5.41) is 44.1. The zero-order valence-electron chi connectivity index (χ0n) is 19.3. The third-order valence-electron chi connectivity index (χ3n) is 7.65. The molecule has 0 bridgehead atoms. The van der Waals surface area contributed by atoms with Crippen LogP contribution in [0, 0.1) is 0 Å². The van der Waals surface area contributed by atoms with Crippen LogP contribution in [-0.2, 0) is 16.6 Å². The quantitative estimate of drug-likeness (QED) is 0.170. The molecule has 3 aromatic rings. The van der Waals surface area contributed by atoms with Crippen molar-refractivity contribution in [3.8, 4) is 17.2 Å². The van der Waals surface area contributed by atoms with E-state index in [-0.39, 0.29) is 45.1 Å². The van der Waals surface area contributed by atoms with Crippen LogP contribution in [0.2, 0.25) is 0 Å². The van der Waals surface area contributed by atoms with Crippen LogP contribution in [0.3, 0.4) is 0 Å². The lowest BCUT2D eigenvalue weighted by Gasteiger charge is -2.24. The van der Waals surface area contributed by atoms with Gasteiger partial charge in [-0.15, -0.1) is 0 Å². The molecule has 2 atom stereocenters. The minimum absolute atomic E-state index is 0.0524. The number of benzene rings is 2. The predicted molar refractivity (Wildman–Crippen MR) is 132 cm³/mol. The fourth-order valence-corrected chi connectivity index (χ4v) is 6.71. The molecule has 12 heteroatoms. The van der Waals surface area contributed by atoms with Gasteiger partial charge >= 0.3 is 0 Å². The standard InChI is InChI=1S/C26H16BrNO10/c1-38-11-5-10(30)13-14(19(11)31)21(33)16-15(20(13)32)23(35)26(24(16)36)3-2-8-17(26)22(34)12-9(18(8)27)4-7(6-29)28-25(12)37/h4-6,19,31-34H,2-3H2,1H3,(H,28,37). The summed E-state index contributed by atoms with van der Waals surface area (Å²) in [7, 11) is 1.18. The largest absolute Gasteiger partial charge is 0.507 e. The van der Waals surface area contributed by atoms with Crippen molar-refractivity contribution in [3.63, 3.8) is 0 Å². The molecular weight excluding hydrogens is 566 g/mol. The number of phenolic OH excluding ortho intramolecular Hbond substituents is 3. The summed E-state index contributed by atoms with van der Waals surface area (Å²) < 4.78 is 5.27. The number of ether oxygens (including phenoxy) is 1. The number of methoxy groups -OCH3 is 1. The maximum atomic E-state index is 14.0. The molecule has 2 unspecified atom stereocenters. The number of ketones is 3. The SMILES string of the molecule is COC1=CC(=O)c2c(O)c3c(c(O)c2C1O)C(=O)C1(CCc2c1c(O)c1c(=O)[nH]c(C=O)cc1c2Br)C3=O. The molecule has 2 aromatic carbocycles. The number of hydrogen-bond donors (Lipinski definition) is 5. The molecule has 5 N–H and O–H groups in total. The van der Waals surface area contributed by atoms with Gasteiger partial charge in [-0.3, -0.25) is 24.0 Å². The third-order valence-corrected chi connectivity index (χ3v) is 8.55. The number of pyridine rings is 1. The number of rotatable bonds is 2. The van der Waals surface area contributed by atoms with E-state index in [1.54, 1.807) is 0 Å². The Morgan fingerprint density at radius 1 is 1.05 bits per heavy atom. The highest BCUT2D eigenvalue weighted by molar-refractivity contribution is 9.10. The number of aliphatic hydroxyl groups is 1. The van der Waals surface area contributed by atoms with Crippen molar-refractivity contribution in [2.24, 2.45) is 0 Å². The zero-order valence-corrected chi connectivity index (χ0v) is 20.9. The van der Waals surface area contributed by atoms with Gasteiger partial charge in [0.15, 0.2) is 23.6 Å². The van der Waals surface area contributed by atoms with Gasteiger partial charge < -0.3 is 30.1 Å². The number of carbonyl (C=O) groups excluding carboxylic acids is 4. The number of halogens is 1. The molecule has 1 spiro atoms. The van der Waals surface area contributed by atoms with Gasteiger partial charge in [0, 0.05) is 27.1 Å². The molecule has 0 radical (unpaired) electrons. The Balaban J connectivity index is 1.68. The average Bonchev–Trinajstić information content (AvgIpc) is 3.40. The minimum Gasteiger partial charge on any atom is -0.507 e. The highest BCUT2D eigenvalue weighted by atomic mass is 79.9. The summed E-state index contributed by atoms with van der Waals surface area (Å²) in [4.78, 5) is 67.1. The van der Waals surface area contributed by atoms with Gasteiger partial charge in [-0.05, 0) is 40.4 Å². The van der Waals surface area contributed by atoms with E-state index in [1.807, 2.05) is 0 Å². The fourth-order valence-electron chi connectivity index (χ4n) is 6.00. The Bertz CT molecular complexity index is 1820. The number of aromatic hydroxyl groups is 3. The first-order valence-electron chi connectivity index (χ1n) is 11.3. The summed E-state index contributed by atoms with van der Waals surface area (Å²) >= 11 is 3.38. The van der Waals surface area contributed by atoms with E-state index in [2.05, 4.69) is 20.9 Å². The topological polar surface area (TPSA) is 191 Å². The molecule has 3 aliphatic rings. The van der Waals surface area contributed by atoms with Gasteiger partial charge in [0.05, 0.1) is 34.9 Å². The number of phenols is 3. The van der Waals surface area contributed by atoms with Crippen LogP contribution in [0.1, 0.15) is 70.8 Å². The number of aromatic amines is 1. The molecule has 3 aliphatic carbocycles. The maximum Gasteiger partial charge on any atom is 0.260 e. The third kappa shape index (κ3) is 2.58. The van der Waals surface area contributed by atoms with Crippen molar-refractivity contribution < 1.29 is 44.3 Å². The van der Waals surface area contributed by atoms with E-state index < -0.39 is 73.9 Å². The fraction of sp³-hybridized carbons (Fsp3) is 0.192. The number of fused-ring (bicyclic) bond motifs is 5. The van der Waals surface area contributed by atoms with E-state index in [9.17, 15) is 44.4 Å². The molecule has 11 nitrogen and oxygen atoms in total. The molecule has 0 saturated carbocycles. The summed E-state index contributed by atoms with van der Waals surface area (Å²) in [5.74, 6) is -5.46. The summed E-state index contributed by atoms with van der Waals surface area (Å²) in [6, 6.07) is 1.34. The van der Waals surface area contributed by atoms with Gasteiger partial charge in [-0.25, -0.2) is 0 Å². The minimum atomic E-state index is -2.13. The highest BCUT2D eigenvalue weighted by Gasteiger charge is 2.62. The van der Waals surface area contributed by atoms with Crippen molar-refractivity contribution in [1.29, 1.82) is 0 Å². The Morgan fingerprint density at radius 3 is 2.34 bits per heavy atom. The molecule has 0 aliphatic heterocycles. The van der Waals surface area contributed by atoms with Gasteiger partial charge in [-0.2, -0.15) is 0 Å². The predicted octanol–water partition coefficient (Wildman–Crippen LogP) is 2.24. The second-order valence-electron chi connectivity index (χ2n) is 9.29. The van der Waals surface area contributed by atoms with Crippen molar-refractivity contribution >= 4 is 50.3 Å². The van der Waals surface area contributed by atoms with Crippen molar-refractivity contribution in [1.82, 2.24) is 4.98 Å². The molecule has 0 amide bonds. The van der Waals surface area contributed by atoms with Crippen LogP contribution in [0.5, 0.6) is 17.2 Å². The monoisotopic (exact) mass is 581 g/mol. The maximum absolute atomic E-state index is 14.0. The highest BCUT2D eigenvalue weighted by Crippen LogP contribution is 2.59. The lowest BCUT2D eigenvalue weighted by atomic mass is 9.76. The molecule has 0 saturated heterocycles. The summed E-state index contributed by atoms with van der Waals surface area (Å²) in [6.45, 7) is 0. The van der Waals surface area contributed by atoms with Gasteiger partial charge in [0.25, 0.3) is 5.56 Å². The average molecular weight is 582 g/mol. The number of Topliss-reactive ketones (excluding diaryl/α,β-unsaturated/α-hetero) is 2. The number of aldehydes is 1. The van der Waals surface area contributed by atoms with Gasteiger partial charge in [0.1, 0.15) is 34.5 Å². The van der Waals surface area contributed by atoms with Gasteiger partial charge in [-0.1, -0.05) is 0 Å². The Labute approximate surface area is 220 Å². The Morgan fingerprint density at radius 2 is 1.71 bits per heavy atom. The number of nitrogens with one attached hydrogen (secondary N) is 1. The first-order chi connectivity index (χ1) is 18.0. The number of aromatic nitrogens is 1. The van der Waals surface area contributed by atoms with Gasteiger partial charge in [0.2, 0.25) is 0 Å². The van der Waals surface area contributed by atoms with Crippen molar-refractivity contribution in [2.45, 2.75) is 24.4 Å². The van der Waals surface area contributed by atoms with E-state index in [4.69, 9.17) is 4.74 Å². The van der Waals surface area contributed by atoms with E-state index in [1.165, 1.54) is 13.2 Å². The number of hydrogen-bond acceptors (Lipinski definition) is 10. The Hall–Kier alpha value is -4.29. The van der Waals surface area contributed by atoms with Crippen LogP contribution in [0.4, 0.5) is 0 Å². The van der Waals surface area contributed by atoms with E-state index in [0.29, 0.717) is 11.8 Å². The molecule has 0 fully saturated rings. The van der Waals surface area contributed by atoms with Crippen LogP contribution in [0.15, 0.2) is 27.2 Å². The number of carbonyl (C=O) groups is 4. The van der Waals surface area contributed by atoms with E-state index >= 15 is 0 Å². The number of aliphatic hydroxyl groups excluding tert-OH is 1. The normalized spacial score (nSPS) is 21.5. The molecule has 192 valence electrons. The molecule has 6 rings (SSSR count). The Kier molecular flexibility index (Phi) is 4.83. The lowest BCUT2D eigenvalue weighted by molar-refractivity contribution is 0.0790. The molecule has 38 heavy (non-hydrogen) atoms. The first kappa shape index (κ1) is 24.1. The van der Waals surface area contributed by atoms with Crippen molar-refractivity contribution in [2.75, 3.05) is 7.11 Å². The zero-order chi connectivity index (χ0) is 27.4. The van der Waals surface area contributed by atoms with Crippen LogP contribution in [-0.4, -0.2) is 56.2 Å². The molecule has 1 heterocycles. The number of allylic oxidation sites excluding steroid dienone is 1. The second kappa shape index (κ2) is 7.62. The van der Waals surface area contributed by atoms with Crippen LogP contribution < -0.4 is 5.56 Å². The summed E-state index contributed by atoms with van der Waals surface area (Å²) in [5.41, 5.74) is -5.12. The lowest BCUT2D eigenvalue weighted by Crippen LogP contribution is -2.36. The summed E-state index contributed by atoms with van der Waals surface area (Å²) in [6.07, 6.45) is -0.498. The first-order valence-corrected chi connectivity index (χ1v) is 12.1. The smallest absolute Gasteiger partial charge is 0.260 e. The second-order valence-corrected chi connectivity index (χ2v) is 10.1.